The van der Waals surface area contributed by atoms with Crippen LogP contribution in [0, 0.1) is 0 Å². The molecular weight excluding hydrogens is 348 g/mol. The Morgan fingerprint density at radius 1 is 1.24 bits per heavy atom. The normalized spacial score (nSPS) is 26.8. The summed E-state index contributed by atoms with van der Waals surface area (Å²) in [6, 6.07) is 5.46. The van der Waals surface area contributed by atoms with Gasteiger partial charge in [-0.15, -0.1) is 0 Å². The van der Waals surface area contributed by atoms with Gasteiger partial charge in [-0.25, -0.2) is 17.2 Å². The average molecular weight is 371 g/mol. The summed E-state index contributed by atoms with van der Waals surface area (Å²) in [6.45, 7) is 2.19. The van der Waals surface area contributed by atoms with Gasteiger partial charge >= 0.3 is 0 Å². The van der Waals surface area contributed by atoms with Gasteiger partial charge in [-0.1, -0.05) is 6.07 Å². The van der Waals surface area contributed by atoms with E-state index in [1.54, 1.807) is 12.1 Å². The fraction of sp³-hybridized carbons (Fsp3) is 0.647. The number of anilines is 1. The molecule has 3 heterocycles. The number of nitrogens with one attached hydrogen (secondary N) is 1. The minimum atomic E-state index is -3.89. The molecule has 3 aliphatic heterocycles. The van der Waals surface area contributed by atoms with Gasteiger partial charge in [0, 0.05) is 37.8 Å². The second-order valence-corrected chi connectivity index (χ2v) is 9.12. The molecule has 1 aromatic carbocycles. The molecule has 138 valence electrons. The van der Waals surface area contributed by atoms with Crippen molar-refractivity contribution in [1.29, 1.82) is 0 Å². The van der Waals surface area contributed by atoms with Crippen LogP contribution in [0.3, 0.4) is 0 Å². The van der Waals surface area contributed by atoms with E-state index >= 15 is 0 Å². The van der Waals surface area contributed by atoms with Crippen molar-refractivity contribution in [3.63, 3.8) is 0 Å². The zero-order chi connectivity index (χ0) is 17.7. The number of halogens is 2. The number of hydrogen-bond acceptors (Lipinski definition) is 4. The number of sulfonamides is 1. The third-order valence-electron chi connectivity index (χ3n) is 5.46. The van der Waals surface area contributed by atoms with E-state index < -0.39 is 22.5 Å². The molecule has 2 saturated heterocycles. The Labute approximate surface area is 147 Å². The monoisotopic (exact) mass is 371 g/mol. The van der Waals surface area contributed by atoms with Crippen molar-refractivity contribution in [3.05, 3.63) is 23.8 Å². The number of piperidine rings is 1. The highest BCUT2D eigenvalue weighted by Crippen LogP contribution is 2.35. The van der Waals surface area contributed by atoms with Crippen LogP contribution in [0.25, 0.3) is 0 Å². The predicted molar refractivity (Wildman–Crippen MR) is 91.7 cm³/mol. The van der Waals surface area contributed by atoms with Gasteiger partial charge in [0.1, 0.15) is 0 Å². The molecule has 25 heavy (non-hydrogen) atoms. The lowest BCUT2D eigenvalue weighted by molar-refractivity contribution is -0.0434. The Morgan fingerprint density at radius 3 is 2.80 bits per heavy atom. The molecule has 1 N–H and O–H groups in total. The molecule has 2 fully saturated rings. The minimum absolute atomic E-state index is 0.127. The minimum Gasteiger partial charge on any atom is -0.367 e. The summed E-state index contributed by atoms with van der Waals surface area (Å²) >= 11 is 0. The Bertz CT molecular complexity index is 763. The van der Waals surface area contributed by atoms with Crippen LogP contribution in [0.5, 0.6) is 0 Å². The topological polar surface area (TPSA) is 52.7 Å². The smallest absolute Gasteiger partial charge is 0.261 e. The van der Waals surface area contributed by atoms with Crippen molar-refractivity contribution in [2.45, 2.75) is 42.5 Å². The summed E-state index contributed by atoms with van der Waals surface area (Å²) in [6.07, 6.45) is 1.88. The highest BCUT2D eigenvalue weighted by Gasteiger charge is 2.41. The average Bonchev–Trinajstić information content (AvgIpc) is 3.22. The lowest BCUT2D eigenvalue weighted by Gasteiger charge is -2.32. The van der Waals surface area contributed by atoms with Crippen LogP contribution in [-0.2, 0) is 16.4 Å². The molecule has 4 rings (SSSR count). The maximum absolute atomic E-state index is 13.7. The van der Waals surface area contributed by atoms with Crippen molar-refractivity contribution >= 4 is 15.7 Å². The zero-order valence-electron chi connectivity index (χ0n) is 14.0. The van der Waals surface area contributed by atoms with Crippen LogP contribution in [0.15, 0.2) is 23.1 Å². The number of fused-ring (bicyclic) bond motifs is 1. The molecule has 0 spiro atoms. The molecule has 8 heteroatoms. The van der Waals surface area contributed by atoms with Crippen molar-refractivity contribution in [2.24, 2.45) is 0 Å². The van der Waals surface area contributed by atoms with Crippen molar-refractivity contribution in [2.75, 3.05) is 37.6 Å². The Kier molecular flexibility index (Phi) is 4.24. The molecule has 0 bridgehead atoms. The first-order chi connectivity index (χ1) is 11.9. The van der Waals surface area contributed by atoms with Gasteiger partial charge in [0.2, 0.25) is 10.0 Å². The fourth-order valence-corrected chi connectivity index (χ4v) is 5.64. The van der Waals surface area contributed by atoms with E-state index in [4.69, 9.17) is 0 Å². The summed E-state index contributed by atoms with van der Waals surface area (Å²) in [5, 5.41) is 3.33. The molecule has 0 radical (unpaired) electrons. The zero-order valence-corrected chi connectivity index (χ0v) is 14.9. The third kappa shape index (κ3) is 3.15. The SMILES string of the molecule is O=S(=O)(c1ccc2c(c1)N(C1CCNC1)CC2)N1CCCC(F)(F)C1. The lowest BCUT2D eigenvalue weighted by Crippen LogP contribution is -2.45. The van der Waals surface area contributed by atoms with Crippen molar-refractivity contribution < 1.29 is 17.2 Å². The first-order valence-corrected chi connectivity index (χ1v) is 10.3. The maximum atomic E-state index is 13.7. The predicted octanol–water partition coefficient (Wildman–Crippen LogP) is 1.83. The molecule has 0 amide bonds. The molecule has 3 aliphatic rings. The second kappa shape index (κ2) is 6.17. The standard InChI is InChI=1S/C17H23F2N3O2S/c18-17(19)6-1-8-21(12-17)25(23,24)15-3-2-13-5-9-22(16(13)10-15)14-4-7-20-11-14/h2-3,10,14,20H,1,4-9,11-12H2. The van der Waals surface area contributed by atoms with E-state index in [0.717, 1.165) is 48.0 Å². The van der Waals surface area contributed by atoms with E-state index in [2.05, 4.69) is 10.2 Å². The highest BCUT2D eigenvalue weighted by molar-refractivity contribution is 7.89. The van der Waals surface area contributed by atoms with E-state index in [1.165, 1.54) is 0 Å². The van der Waals surface area contributed by atoms with Crippen LogP contribution in [0.1, 0.15) is 24.8 Å². The number of nitrogens with zero attached hydrogens (tertiary/aromatic N) is 2. The number of benzene rings is 1. The molecule has 0 aromatic heterocycles. The van der Waals surface area contributed by atoms with E-state index in [9.17, 15) is 17.2 Å². The third-order valence-corrected chi connectivity index (χ3v) is 7.30. The summed E-state index contributed by atoms with van der Waals surface area (Å²) in [7, 11) is -3.89. The van der Waals surface area contributed by atoms with Gasteiger partial charge in [0.15, 0.2) is 0 Å². The Balaban J connectivity index is 1.64. The summed E-state index contributed by atoms with van der Waals surface area (Å²) in [4.78, 5) is 2.39. The molecule has 1 unspecified atom stereocenters. The molecule has 0 aliphatic carbocycles. The van der Waals surface area contributed by atoms with E-state index in [-0.39, 0.29) is 24.3 Å². The van der Waals surface area contributed by atoms with Crippen LogP contribution < -0.4 is 10.2 Å². The number of alkyl halides is 2. The van der Waals surface area contributed by atoms with Crippen molar-refractivity contribution in [3.8, 4) is 0 Å². The highest BCUT2D eigenvalue weighted by atomic mass is 32.2. The summed E-state index contributed by atoms with van der Waals surface area (Å²) in [5.74, 6) is -2.94. The Hall–Kier alpha value is -1.25. The molecule has 5 nitrogen and oxygen atoms in total. The first-order valence-electron chi connectivity index (χ1n) is 8.85. The first kappa shape index (κ1) is 17.2. The van der Waals surface area contributed by atoms with Gasteiger partial charge < -0.3 is 10.2 Å². The van der Waals surface area contributed by atoms with Crippen LogP contribution in [-0.4, -0.2) is 57.4 Å². The van der Waals surface area contributed by atoms with E-state index in [1.807, 2.05) is 6.07 Å². The van der Waals surface area contributed by atoms with Crippen molar-refractivity contribution in [1.82, 2.24) is 9.62 Å². The second-order valence-electron chi connectivity index (χ2n) is 7.18. The summed E-state index contributed by atoms with van der Waals surface area (Å²) < 4.78 is 54.0. The summed E-state index contributed by atoms with van der Waals surface area (Å²) in [5.41, 5.74) is 2.08. The van der Waals surface area contributed by atoms with Crippen LogP contribution in [0.4, 0.5) is 14.5 Å². The Morgan fingerprint density at radius 2 is 2.08 bits per heavy atom. The fourth-order valence-electron chi connectivity index (χ4n) is 4.11. The largest absolute Gasteiger partial charge is 0.367 e. The molecule has 1 aromatic rings. The van der Waals surface area contributed by atoms with Crippen LogP contribution >= 0.6 is 0 Å². The quantitative estimate of drug-likeness (QED) is 0.881. The van der Waals surface area contributed by atoms with Gasteiger partial charge in [-0.3, -0.25) is 0 Å². The van der Waals surface area contributed by atoms with Crippen LogP contribution in [0.2, 0.25) is 0 Å². The van der Waals surface area contributed by atoms with Gasteiger partial charge in [-0.05, 0) is 43.5 Å². The van der Waals surface area contributed by atoms with Gasteiger partial charge in [0.25, 0.3) is 5.92 Å². The number of hydrogen-bond donors (Lipinski definition) is 1. The van der Waals surface area contributed by atoms with Gasteiger partial charge in [-0.2, -0.15) is 4.31 Å². The molecule has 0 saturated carbocycles. The molecular formula is C17H23F2N3O2S. The maximum Gasteiger partial charge on any atom is 0.261 e. The lowest BCUT2D eigenvalue weighted by atomic mass is 10.1. The molecule has 1 atom stereocenters. The van der Waals surface area contributed by atoms with E-state index in [0.29, 0.717) is 6.04 Å². The number of rotatable bonds is 3. The van der Waals surface area contributed by atoms with Gasteiger partial charge in [0.05, 0.1) is 11.4 Å².